The quantitative estimate of drug-likeness (QED) is 0.708. The van der Waals surface area contributed by atoms with E-state index in [0.717, 1.165) is 12.8 Å². The molecule has 1 aliphatic rings. The summed E-state index contributed by atoms with van der Waals surface area (Å²) in [6, 6.07) is 0.378. The second kappa shape index (κ2) is 6.97. The molecule has 106 valence electrons. The fourth-order valence-electron chi connectivity index (χ4n) is 1.67. The zero-order chi connectivity index (χ0) is 13.6. The highest BCUT2D eigenvalue weighted by Gasteiger charge is 2.26. The van der Waals surface area contributed by atoms with Gasteiger partial charge in [0.2, 0.25) is 5.91 Å². The molecule has 0 saturated heterocycles. The van der Waals surface area contributed by atoms with Crippen molar-refractivity contribution < 1.29 is 18.0 Å². The largest absolute Gasteiger partial charge is 0.389 e. The van der Waals surface area contributed by atoms with E-state index in [9.17, 15) is 18.0 Å². The molecule has 1 atom stereocenters. The number of rotatable bonds is 8. The van der Waals surface area contributed by atoms with Crippen LogP contribution in [0.4, 0.5) is 13.2 Å². The minimum Gasteiger partial charge on any atom is -0.353 e. The standard InChI is InChI=1S/C12H21F3N2O/c1-9(3-2-7-12(13,14)15)16-8-6-11(18)17-10-4-5-10/h9-10,16H,2-8H2,1H3,(H,17,18). The van der Waals surface area contributed by atoms with Crippen LogP contribution >= 0.6 is 0 Å². The second-order valence-corrected chi connectivity index (χ2v) is 4.95. The average Bonchev–Trinajstić information content (AvgIpc) is 2.99. The van der Waals surface area contributed by atoms with Gasteiger partial charge in [0.15, 0.2) is 0 Å². The van der Waals surface area contributed by atoms with Crippen LogP contribution in [0.2, 0.25) is 0 Å². The number of hydrogen-bond donors (Lipinski definition) is 2. The van der Waals surface area contributed by atoms with E-state index in [0.29, 0.717) is 25.4 Å². The van der Waals surface area contributed by atoms with E-state index in [1.165, 1.54) is 0 Å². The van der Waals surface area contributed by atoms with Crippen molar-refractivity contribution in [1.82, 2.24) is 10.6 Å². The molecule has 6 heteroatoms. The highest BCUT2D eigenvalue weighted by molar-refractivity contribution is 5.76. The van der Waals surface area contributed by atoms with Crippen molar-refractivity contribution in [2.45, 2.75) is 63.7 Å². The molecule has 2 N–H and O–H groups in total. The summed E-state index contributed by atoms with van der Waals surface area (Å²) in [5, 5.41) is 5.93. The summed E-state index contributed by atoms with van der Waals surface area (Å²) >= 11 is 0. The van der Waals surface area contributed by atoms with Crippen LogP contribution in [0.25, 0.3) is 0 Å². The van der Waals surface area contributed by atoms with Gasteiger partial charge in [0, 0.05) is 31.5 Å². The van der Waals surface area contributed by atoms with Crippen molar-refractivity contribution in [1.29, 1.82) is 0 Å². The number of halogens is 3. The summed E-state index contributed by atoms with van der Waals surface area (Å²) in [5.41, 5.74) is 0. The molecule has 0 spiro atoms. The fraction of sp³-hybridized carbons (Fsp3) is 0.917. The number of carbonyl (C=O) groups is 1. The third-order valence-corrected chi connectivity index (χ3v) is 2.88. The van der Waals surface area contributed by atoms with Crippen LogP contribution in [-0.2, 0) is 4.79 Å². The van der Waals surface area contributed by atoms with E-state index in [1.807, 2.05) is 6.92 Å². The molecule has 1 fully saturated rings. The summed E-state index contributed by atoms with van der Waals surface area (Å²) < 4.78 is 35.8. The van der Waals surface area contributed by atoms with Crippen LogP contribution in [0, 0.1) is 0 Å². The first-order valence-corrected chi connectivity index (χ1v) is 6.46. The Bertz CT molecular complexity index is 265. The molecule has 3 nitrogen and oxygen atoms in total. The third kappa shape index (κ3) is 8.33. The van der Waals surface area contributed by atoms with Gasteiger partial charge in [-0.15, -0.1) is 0 Å². The SMILES string of the molecule is CC(CCCC(F)(F)F)NCCC(=O)NC1CC1. The molecule has 0 aromatic heterocycles. The number of nitrogens with one attached hydrogen (secondary N) is 2. The van der Waals surface area contributed by atoms with Gasteiger partial charge < -0.3 is 10.6 Å². The molecule has 18 heavy (non-hydrogen) atoms. The Morgan fingerprint density at radius 2 is 2.06 bits per heavy atom. The first-order chi connectivity index (χ1) is 8.37. The normalized spacial score (nSPS) is 17.6. The molecular formula is C12H21F3N2O. The summed E-state index contributed by atoms with van der Waals surface area (Å²) in [6.45, 7) is 2.36. The van der Waals surface area contributed by atoms with Crippen molar-refractivity contribution in [3.8, 4) is 0 Å². The topological polar surface area (TPSA) is 41.1 Å². The van der Waals surface area contributed by atoms with E-state index in [4.69, 9.17) is 0 Å². The third-order valence-electron chi connectivity index (χ3n) is 2.88. The monoisotopic (exact) mass is 266 g/mol. The molecule has 0 aromatic rings. The van der Waals surface area contributed by atoms with Gasteiger partial charge in [-0.2, -0.15) is 13.2 Å². The summed E-state index contributed by atoms with van der Waals surface area (Å²) in [7, 11) is 0. The van der Waals surface area contributed by atoms with Crippen LogP contribution in [0.3, 0.4) is 0 Å². The maximum absolute atomic E-state index is 11.9. The van der Waals surface area contributed by atoms with Gasteiger partial charge in [0.05, 0.1) is 0 Å². The highest BCUT2D eigenvalue weighted by Crippen LogP contribution is 2.22. The first kappa shape index (κ1) is 15.3. The second-order valence-electron chi connectivity index (χ2n) is 4.95. The maximum atomic E-state index is 11.9. The van der Waals surface area contributed by atoms with Crippen LogP contribution in [0.1, 0.15) is 45.4 Å². The Balaban J connectivity index is 1.95. The van der Waals surface area contributed by atoms with Crippen LogP contribution in [0.5, 0.6) is 0 Å². The zero-order valence-corrected chi connectivity index (χ0v) is 10.6. The minimum absolute atomic E-state index is 0.0149. The number of alkyl halides is 3. The Morgan fingerprint density at radius 1 is 1.39 bits per heavy atom. The molecule has 0 bridgehead atoms. The summed E-state index contributed by atoms with van der Waals surface area (Å²) in [6.07, 6.45) is -1.68. The Kier molecular flexibility index (Phi) is 5.91. The fourth-order valence-corrected chi connectivity index (χ4v) is 1.67. The molecule has 0 aromatic carbocycles. The Labute approximate surface area is 106 Å². The maximum Gasteiger partial charge on any atom is 0.389 e. The molecule has 0 radical (unpaired) electrons. The van der Waals surface area contributed by atoms with Crippen LogP contribution in [0.15, 0.2) is 0 Å². The van der Waals surface area contributed by atoms with E-state index < -0.39 is 12.6 Å². The Hall–Kier alpha value is -0.780. The molecule has 1 saturated carbocycles. The van der Waals surface area contributed by atoms with Crippen molar-refractivity contribution in [2.24, 2.45) is 0 Å². The van der Waals surface area contributed by atoms with E-state index >= 15 is 0 Å². The number of hydrogen-bond acceptors (Lipinski definition) is 2. The van der Waals surface area contributed by atoms with Gasteiger partial charge in [-0.1, -0.05) is 0 Å². The Morgan fingerprint density at radius 3 is 2.61 bits per heavy atom. The lowest BCUT2D eigenvalue weighted by atomic mass is 10.1. The van der Waals surface area contributed by atoms with Gasteiger partial charge in [-0.05, 0) is 32.6 Å². The van der Waals surface area contributed by atoms with E-state index in [1.54, 1.807) is 0 Å². The van der Waals surface area contributed by atoms with Gasteiger partial charge in [0.1, 0.15) is 0 Å². The van der Waals surface area contributed by atoms with Crippen molar-refractivity contribution in [3.63, 3.8) is 0 Å². The van der Waals surface area contributed by atoms with Crippen LogP contribution < -0.4 is 10.6 Å². The van der Waals surface area contributed by atoms with Gasteiger partial charge in [0.25, 0.3) is 0 Å². The van der Waals surface area contributed by atoms with Crippen molar-refractivity contribution in [3.05, 3.63) is 0 Å². The van der Waals surface area contributed by atoms with Crippen molar-refractivity contribution in [2.75, 3.05) is 6.54 Å². The molecule has 1 aliphatic carbocycles. The van der Waals surface area contributed by atoms with Gasteiger partial charge in [-0.3, -0.25) is 4.79 Å². The van der Waals surface area contributed by atoms with Crippen LogP contribution in [-0.4, -0.2) is 30.7 Å². The molecule has 1 amide bonds. The first-order valence-electron chi connectivity index (χ1n) is 6.46. The van der Waals surface area contributed by atoms with Gasteiger partial charge in [-0.25, -0.2) is 0 Å². The summed E-state index contributed by atoms with van der Waals surface area (Å²) in [5.74, 6) is 0.0208. The predicted octanol–water partition coefficient (Wildman–Crippen LogP) is 2.37. The molecule has 1 unspecified atom stereocenters. The summed E-state index contributed by atoms with van der Waals surface area (Å²) in [4.78, 5) is 11.3. The lowest BCUT2D eigenvalue weighted by Gasteiger charge is -2.14. The lowest BCUT2D eigenvalue weighted by molar-refractivity contribution is -0.135. The molecule has 0 aliphatic heterocycles. The van der Waals surface area contributed by atoms with E-state index in [-0.39, 0.29) is 18.4 Å². The highest BCUT2D eigenvalue weighted by atomic mass is 19.4. The van der Waals surface area contributed by atoms with Crippen molar-refractivity contribution >= 4 is 5.91 Å². The average molecular weight is 266 g/mol. The molecule has 1 rings (SSSR count). The van der Waals surface area contributed by atoms with Gasteiger partial charge >= 0.3 is 6.18 Å². The molecular weight excluding hydrogens is 245 g/mol. The minimum atomic E-state index is -4.07. The predicted molar refractivity (Wildman–Crippen MR) is 63.2 cm³/mol. The zero-order valence-electron chi connectivity index (χ0n) is 10.6. The number of amides is 1. The number of carbonyl (C=O) groups excluding carboxylic acids is 1. The smallest absolute Gasteiger partial charge is 0.353 e. The molecule has 0 heterocycles. The lowest BCUT2D eigenvalue weighted by Crippen LogP contribution is -2.32. The van der Waals surface area contributed by atoms with E-state index in [2.05, 4.69) is 10.6 Å².